The van der Waals surface area contributed by atoms with Crippen LogP contribution < -0.4 is 26.1 Å². The first-order valence-electron chi connectivity index (χ1n) is 11.5. The van der Waals surface area contributed by atoms with E-state index in [1.165, 1.54) is 9.30 Å². The topological polar surface area (TPSA) is 107 Å². The van der Waals surface area contributed by atoms with Crippen LogP contribution in [0.25, 0.3) is 16.7 Å². The van der Waals surface area contributed by atoms with Gasteiger partial charge in [0.05, 0.1) is 32.3 Å². The van der Waals surface area contributed by atoms with Crippen LogP contribution in [0.5, 0.6) is 0 Å². The molecule has 2 fully saturated rings. The Labute approximate surface area is 185 Å². The zero-order chi connectivity index (χ0) is 22.1. The Kier molecular flexibility index (Phi) is 5.75. The van der Waals surface area contributed by atoms with Crippen LogP contribution in [0.3, 0.4) is 0 Å². The number of nitrogens with zero attached hydrogens (tertiary/aromatic N) is 3. The van der Waals surface area contributed by atoms with E-state index in [-0.39, 0.29) is 17.5 Å². The molecule has 9 heteroatoms. The standard InChI is InChI=1S/C23H28N6O3/c24-20-17(22(30)25-8-10-27-11-13-32-14-12-27)15-18-21(29(20)16-5-1-2-6-16)26-19-7-3-4-9-28(19)23(18)31/h3-4,7,9,15-16,24H,1-2,5-6,8,10-14H2,(H,25,30)/p+2. The van der Waals surface area contributed by atoms with Crippen molar-refractivity contribution in [3.63, 3.8) is 0 Å². The van der Waals surface area contributed by atoms with Gasteiger partial charge >= 0.3 is 0 Å². The van der Waals surface area contributed by atoms with Crippen LogP contribution in [0.2, 0.25) is 0 Å². The number of pyridine rings is 2. The highest BCUT2D eigenvalue weighted by Crippen LogP contribution is 2.28. The number of ether oxygens (including phenoxy) is 1. The highest BCUT2D eigenvalue weighted by atomic mass is 16.5. The van der Waals surface area contributed by atoms with Gasteiger partial charge in [-0.3, -0.25) is 14.0 Å². The van der Waals surface area contributed by atoms with Gasteiger partial charge in [0, 0.05) is 6.20 Å². The van der Waals surface area contributed by atoms with E-state index in [1.54, 1.807) is 18.3 Å². The average Bonchev–Trinajstić information content (AvgIpc) is 3.34. The fourth-order valence-electron chi connectivity index (χ4n) is 4.94. The van der Waals surface area contributed by atoms with Crippen molar-refractivity contribution in [3.8, 4) is 0 Å². The van der Waals surface area contributed by atoms with Gasteiger partial charge in [-0.25, -0.2) is 4.57 Å². The molecule has 1 aliphatic carbocycles. The maximum atomic E-state index is 13.3. The average molecular weight is 439 g/mol. The summed E-state index contributed by atoms with van der Waals surface area (Å²) in [5.74, 6) is 0.133. The van der Waals surface area contributed by atoms with Gasteiger partial charge in [-0.2, -0.15) is 0 Å². The lowest BCUT2D eigenvalue weighted by Gasteiger charge is -2.23. The number of morpholine rings is 1. The van der Waals surface area contributed by atoms with E-state index in [9.17, 15) is 9.59 Å². The van der Waals surface area contributed by atoms with Gasteiger partial charge in [0.2, 0.25) is 11.5 Å². The largest absolute Gasteiger partial charge is 0.370 e. The molecule has 0 radical (unpaired) electrons. The highest BCUT2D eigenvalue weighted by molar-refractivity contribution is 6.00. The van der Waals surface area contributed by atoms with E-state index >= 15 is 0 Å². The lowest BCUT2D eigenvalue weighted by atomic mass is 10.1. The lowest BCUT2D eigenvalue weighted by Crippen LogP contribution is -3.14. The maximum Gasteiger partial charge on any atom is 0.278 e. The molecule has 1 saturated carbocycles. The van der Waals surface area contributed by atoms with Gasteiger partial charge in [-0.1, -0.05) is 11.1 Å². The van der Waals surface area contributed by atoms with Gasteiger partial charge in [0.25, 0.3) is 17.1 Å². The molecule has 5 rings (SSSR count). The molecule has 3 aromatic heterocycles. The molecule has 0 spiro atoms. The summed E-state index contributed by atoms with van der Waals surface area (Å²) in [6, 6.07) is 7.22. The number of anilines is 1. The molecule has 2 aliphatic rings. The Morgan fingerprint density at radius 3 is 2.84 bits per heavy atom. The Morgan fingerprint density at radius 2 is 2.06 bits per heavy atom. The summed E-state index contributed by atoms with van der Waals surface area (Å²) in [5, 5.41) is 3.42. The van der Waals surface area contributed by atoms with Gasteiger partial charge in [0.15, 0.2) is 0 Å². The molecule has 0 aromatic carbocycles. The Morgan fingerprint density at radius 1 is 1.28 bits per heavy atom. The number of quaternary nitrogens is 1. The predicted molar refractivity (Wildman–Crippen MR) is 120 cm³/mol. The zero-order valence-electron chi connectivity index (χ0n) is 18.2. The molecular formula is C23H30N6O3+2. The summed E-state index contributed by atoms with van der Waals surface area (Å²) in [6.07, 6.45) is 5.83. The van der Waals surface area contributed by atoms with Crippen LogP contribution in [0.4, 0.5) is 5.82 Å². The van der Waals surface area contributed by atoms with Crippen LogP contribution in [-0.2, 0) is 4.74 Å². The molecule has 0 bridgehead atoms. The number of amides is 1. The summed E-state index contributed by atoms with van der Waals surface area (Å²) in [7, 11) is 0. The second kappa shape index (κ2) is 8.84. The van der Waals surface area contributed by atoms with Gasteiger partial charge in [-0.15, -0.1) is 0 Å². The number of aromatic nitrogens is 3. The maximum absolute atomic E-state index is 13.3. The normalized spacial score (nSPS) is 17.9. The van der Waals surface area contributed by atoms with E-state index in [2.05, 4.69) is 5.32 Å². The first kappa shape index (κ1) is 20.8. The van der Waals surface area contributed by atoms with Crippen molar-refractivity contribution < 1.29 is 19.0 Å². The number of carbonyl (C=O) groups excluding carboxylic acids is 1. The molecule has 32 heavy (non-hydrogen) atoms. The third-order valence-electron chi connectivity index (χ3n) is 6.70. The number of hydrogen-bond acceptors (Lipinski definition) is 5. The van der Waals surface area contributed by atoms with Crippen molar-refractivity contribution in [2.45, 2.75) is 31.7 Å². The summed E-state index contributed by atoms with van der Waals surface area (Å²) in [4.78, 5) is 32.6. The van der Waals surface area contributed by atoms with Crippen molar-refractivity contribution in [1.82, 2.24) is 14.7 Å². The van der Waals surface area contributed by atoms with Gasteiger partial charge in [0.1, 0.15) is 24.0 Å². The first-order valence-corrected chi connectivity index (χ1v) is 11.5. The number of nitrogens with one attached hydrogen (secondary N) is 2. The number of fused-ring (bicyclic) bond motifs is 2. The molecule has 4 heterocycles. The van der Waals surface area contributed by atoms with Crippen LogP contribution >= 0.6 is 0 Å². The van der Waals surface area contributed by atoms with E-state index in [1.807, 2.05) is 16.7 Å². The van der Waals surface area contributed by atoms with E-state index < -0.39 is 0 Å². The summed E-state index contributed by atoms with van der Waals surface area (Å²) >= 11 is 0. The second-order valence-electron chi connectivity index (χ2n) is 8.70. The molecule has 168 valence electrons. The minimum Gasteiger partial charge on any atom is -0.370 e. The van der Waals surface area contributed by atoms with Crippen LogP contribution in [-0.4, -0.2) is 54.7 Å². The number of nitrogen functional groups attached to an aromatic ring is 1. The van der Waals surface area contributed by atoms with Crippen LogP contribution in [0.15, 0.2) is 35.3 Å². The zero-order valence-corrected chi connectivity index (χ0v) is 18.2. The van der Waals surface area contributed by atoms with E-state index in [0.717, 1.165) is 58.5 Å². The van der Waals surface area contributed by atoms with E-state index in [0.29, 0.717) is 34.6 Å². The lowest BCUT2D eigenvalue weighted by molar-refractivity contribution is -0.906. The van der Waals surface area contributed by atoms with Crippen molar-refractivity contribution in [3.05, 3.63) is 46.4 Å². The third kappa shape index (κ3) is 3.82. The van der Waals surface area contributed by atoms with Gasteiger partial charge in [-0.05, 0) is 43.9 Å². The third-order valence-corrected chi connectivity index (χ3v) is 6.70. The fourth-order valence-corrected chi connectivity index (χ4v) is 4.94. The molecule has 0 unspecified atom stereocenters. The molecule has 3 aromatic rings. The predicted octanol–water partition coefficient (Wildman–Crippen LogP) is -0.523. The minimum atomic E-state index is -0.249. The molecule has 1 saturated heterocycles. The second-order valence-corrected chi connectivity index (χ2v) is 8.70. The van der Waals surface area contributed by atoms with Gasteiger partial charge < -0.3 is 20.7 Å². The Balaban J connectivity index is 1.54. The van der Waals surface area contributed by atoms with Crippen molar-refractivity contribution in [2.75, 3.05) is 45.1 Å². The highest BCUT2D eigenvalue weighted by Gasteiger charge is 2.30. The smallest absolute Gasteiger partial charge is 0.278 e. The Bertz CT molecular complexity index is 1210. The molecule has 1 aliphatic heterocycles. The minimum absolute atomic E-state index is 0.140. The molecule has 0 atom stereocenters. The van der Waals surface area contributed by atoms with Crippen LogP contribution in [0, 0.1) is 0 Å². The van der Waals surface area contributed by atoms with E-state index in [4.69, 9.17) is 15.5 Å². The van der Waals surface area contributed by atoms with Crippen molar-refractivity contribution >= 4 is 28.4 Å². The van der Waals surface area contributed by atoms with Crippen molar-refractivity contribution in [2.24, 2.45) is 0 Å². The monoisotopic (exact) mass is 438 g/mol. The number of rotatable bonds is 5. The number of carbonyl (C=O) groups is 1. The molecular weight excluding hydrogens is 408 g/mol. The molecule has 9 nitrogen and oxygen atoms in total. The SMILES string of the molecule is Nc1c(C(=O)NCC[NH+]2CCOCC2)cc2c(=O)n3ccccc3nc2[n+]1C1CCCC1. The van der Waals surface area contributed by atoms with Crippen molar-refractivity contribution in [1.29, 1.82) is 0 Å². The first-order chi connectivity index (χ1) is 15.6. The summed E-state index contributed by atoms with van der Waals surface area (Å²) in [5.41, 5.74) is 7.85. The van der Waals surface area contributed by atoms with Crippen LogP contribution in [0.1, 0.15) is 42.1 Å². The fraction of sp³-hybridized carbons (Fsp3) is 0.478. The quantitative estimate of drug-likeness (QED) is 0.367. The Hall–Kier alpha value is -3.04. The molecule has 4 N–H and O–H groups in total. The summed E-state index contributed by atoms with van der Waals surface area (Å²) < 4.78 is 8.84. The number of nitrogens with two attached hydrogens (primary N) is 1. The molecule has 1 amide bonds. The number of hydrogen-bond donors (Lipinski definition) is 3. The summed E-state index contributed by atoms with van der Waals surface area (Å²) in [6.45, 7) is 4.79.